The normalized spacial score (nSPS) is 9.92. The SMILES string of the molecule is CNCCC(=O)NCc1cn[nH]c1. The Balaban J connectivity index is 2.15. The van der Waals surface area contributed by atoms with Crippen molar-refractivity contribution in [2.45, 2.75) is 13.0 Å². The summed E-state index contributed by atoms with van der Waals surface area (Å²) in [6.07, 6.45) is 3.96. The van der Waals surface area contributed by atoms with E-state index in [0.29, 0.717) is 19.5 Å². The molecule has 1 heterocycles. The lowest BCUT2D eigenvalue weighted by molar-refractivity contribution is -0.121. The van der Waals surface area contributed by atoms with E-state index in [0.717, 1.165) is 5.56 Å². The van der Waals surface area contributed by atoms with Crippen LogP contribution in [0.4, 0.5) is 0 Å². The number of aromatic amines is 1. The van der Waals surface area contributed by atoms with E-state index in [4.69, 9.17) is 0 Å². The molecule has 0 aliphatic carbocycles. The second-order valence-electron chi connectivity index (χ2n) is 2.74. The number of amides is 1. The molecule has 0 unspecified atom stereocenters. The van der Waals surface area contributed by atoms with E-state index in [-0.39, 0.29) is 5.91 Å². The molecule has 0 saturated carbocycles. The van der Waals surface area contributed by atoms with Crippen molar-refractivity contribution in [1.29, 1.82) is 0 Å². The first-order valence-electron chi connectivity index (χ1n) is 4.22. The van der Waals surface area contributed by atoms with Crippen LogP contribution >= 0.6 is 0 Å². The Morgan fingerprint density at radius 2 is 2.54 bits per heavy atom. The van der Waals surface area contributed by atoms with Gasteiger partial charge >= 0.3 is 0 Å². The van der Waals surface area contributed by atoms with Gasteiger partial charge in [-0.3, -0.25) is 9.89 Å². The van der Waals surface area contributed by atoms with Crippen molar-refractivity contribution in [3.8, 4) is 0 Å². The van der Waals surface area contributed by atoms with Gasteiger partial charge in [-0.2, -0.15) is 5.10 Å². The van der Waals surface area contributed by atoms with Crippen molar-refractivity contribution in [2.75, 3.05) is 13.6 Å². The molecule has 1 aromatic heterocycles. The van der Waals surface area contributed by atoms with E-state index in [1.54, 1.807) is 12.4 Å². The van der Waals surface area contributed by atoms with E-state index in [1.807, 2.05) is 7.05 Å². The Hall–Kier alpha value is -1.36. The molecule has 1 aromatic rings. The van der Waals surface area contributed by atoms with Crippen molar-refractivity contribution < 1.29 is 4.79 Å². The van der Waals surface area contributed by atoms with Gasteiger partial charge in [0.05, 0.1) is 6.20 Å². The fourth-order valence-electron chi connectivity index (χ4n) is 0.902. The fraction of sp³-hybridized carbons (Fsp3) is 0.500. The number of aromatic nitrogens is 2. The zero-order chi connectivity index (χ0) is 9.52. The van der Waals surface area contributed by atoms with Crippen molar-refractivity contribution in [3.05, 3.63) is 18.0 Å². The van der Waals surface area contributed by atoms with Gasteiger partial charge in [-0.1, -0.05) is 0 Å². The van der Waals surface area contributed by atoms with Crippen LogP contribution in [0.15, 0.2) is 12.4 Å². The highest BCUT2D eigenvalue weighted by Crippen LogP contribution is 1.91. The first kappa shape index (κ1) is 9.73. The number of rotatable bonds is 5. The zero-order valence-electron chi connectivity index (χ0n) is 7.63. The second kappa shape index (κ2) is 5.31. The number of carbonyl (C=O) groups excluding carboxylic acids is 1. The molecule has 0 bridgehead atoms. The van der Waals surface area contributed by atoms with Gasteiger partial charge in [-0.05, 0) is 7.05 Å². The van der Waals surface area contributed by atoms with Crippen LogP contribution in [0.2, 0.25) is 0 Å². The van der Waals surface area contributed by atoms with Gasteiger partial charge in [0.15, 0.2) is 0 Å². The Kier molecular flexibility index (Phi) is 3.98. The molecule has 0 aromatic carbocycles. The average Bonchev–Trinajstić information content (AvgIpc) is 2.64. The first-order chi connectivity index (χ1) is 6.33. The van der Waals surface area contributed by atoms with E-state index in [9.17, 15) is 4.79 Å². The largest absolute Gasteiger partial charge is 0.352 e. The highest BCUT2D eigenvalue weighted by molar-refractivity contribution is 5.75. The summed E-state index contributed by atoms with van der Waals surface area (Å²) in [5.74, 6) is 0.0514. The van der Waals surface area contributed by atoms with Gasteiger partial charge < -0.3 is 10.6 Å². The summed E-state index contributed by atoms with van der Waals surface area (Å²) < 4.78 is 0. The van der Waals surface area contributed by atoms with Crippen molar-refractivity contribution >= 4 is 5.91 Å². The summed E-state index contributed by atoms with van der Waals surface area (Å²) in [4.78, 5) is 11.1. The monoisotopic (exact) mass is 182 g/mol. The zero-order valence-corrected chi connectivity index (χ0v) is 7.63. The van der Waals surface area contributed by atoms with Gasteiger partial charge in [0.2, 0.25) is 5.91 Å². The average molecular weight is 182 g/mol. The second-order valence-corrected chi connectivity index (χ2v) is 2.74. The lowest BCUT2D eigenvalue weighted by Crippen LogP contribution is -2.25. The Bertz CT molecular complexity index is 245. The van der Waals surface area contributed by atoms with Gasteiger partial charge in [0.25, 0.3) is 0 Å². The molecule has 0 aliphatic rings. The standard InChI is InChI=1S/C8H14N4O/c1-9-3-2-8(13)10-4-7-5-11-12-6-7/h5-6,9H,2-4H2,1H3,(H,10,13)(H,11,12). The number of nitrogens with zero attached hydrogens (tertiary/aromatic N) is 1. The summed E-state index contributed by atoms with van der Waals surface area (Å²) in [5.41, 5.74) is 0.984. The number of hydrogen-bond acceptors (Lipinski definition) is 3. The third kappa shape index (κ3) is 3.71. The highest BCUT2D eigenvalue weighted by Gasteiger charge is 1.99. The smallest absolute Gasteiger partial charge is 0.221 e. The molecule has 0 radical (unpaired) electrons. The first-order valence-corrected chi connectivity index (χ1v) is 4.22. The lowest BCUT2D eigenvalue weighted by Gasteiger charge is -2.02. The van der Waals surface area contributed by atoms with Gasteiger partial charge in [-0.15, -0.1) is 0 Å². The molecule has 5 nitrogen and oxygen atoms in total. The minimum Gasteiger partial charge on any atom is -0.352 e. The molecule has 0 atom stereocenters. The van der Waals surface area contributed by atoms with Gasteiger partial charge in [0.1, 0.15) is 0 Å². The molecule has 0 saturated heterocycles. The molecule has 72 valence electrons. The Morgan fingerprint density at radius 3 is 3.15 bits per heavy atom. The lowest BCUT2D eigenvalue weighted by atomic mass is 10.3. The van der Waals surface area contributed by atoms with Crippen LogP contribution in [-0.4, -0.2) is 29.7 Å². The third-order valence-electron chi connectivity index (χ3n) is 1.65. The Morgan fingerprint density at radius 1 is 1.69 bits per heavy atom. The molecule has 0 fully saturated rings. The molecular weight excluding hydrogens is 168 g/mol. The van der Waals surface area contributed by atoms with Crippen LogP contribution in [0.5, 0.6) is 0 Å². The van der Waals surface area contributed by atoms with E-state index >= 15 is 0 Å². The number of hydrogen-bond donors (Lipinski definition) is 3. The van der Waals surface area contributed by atoms with Gasteiger partial charge in [-0.25, -0.2) is 0 Å². The quantitative estimate of drug-likeness (QED) is 0.582. The van der Waals surface area contributed by atoms with Gasteiger partial charge in [0, 0.05) is 31.3 Å². The predicted molar refractivity (Wildman–Crippen MR) is 49.0 cm³/mol. The summed E-state index contributed by atoms with van der Waals surface area (Å²) >= 11 is 0. The molecular formula is C8H14N4O. The van der Waals surface area contributed by atoms with Crippen LogP contribution in [0.1, 0.15) is 12.0 Å². The number of nitrogens with one attached hydrogen (secondary N) is 3. The number of H-pyrrole nitrogens is 1. The molecule has 13 heavy (non-hydrogen) atoms. The minimum atomic E-state index is 0.0514. The summed E-state index contributed by atoms with van der Waals surface area (Å²) in [7, 11) is 1.82. The molecule has 3 N–H and O–H groups in total. The number of carbonyl (C=O) groups is 1. The topological polar surface area (TPSA) is 69.8 Å². The molecule has 0 spiro atoms. The molecule has 1 rings (SSSR count). The highest BCUT2D eigenvalue weighted by atomic mass is 16.1. The summed E-state index contributed by atoms with van der Waals surface area (Å²) in [5, 5.41) is 12.1. The maximum atomic E-state index is 11.1. The van der Waals surface area contributed by atoms with Crippen LogP contribution in [0.25, 0.3) is 0 Å². The summed E-state index contributed by atoms with van der Waals surface area (Å²) in [6.45, 7) is 1.25. The molecule has 0 aliphatic heterocycles. The fourth-order valence-corrected chi connectivity index (χ4v) is 0.902. The van der Waals surface area contributed by atoms with E-state index < -0.39 is 0 Å². The third-order valence-corrected chi connectivity index (χ3v) is 1.65. The predicted octanol–water partition coefficient (Wildman–Crippen LogP) is -0.365. The van der Waals surface area contributed by atoms with E-state index in [2.05, 4.69) is 20.8 Å². The summed E-state index contributed by atoms with van der Waals surface area (Å²) in [6, 6.07) is 0. The van der Waals surface area contributed by atoms with Crippen molar-refractivity contribution in [3.63, 3.8) is 0 Å². The van der Waals surface area contributed by atoms with Crippen molar-refractivity contribution in [1.82, 2.24) is 20.8 Å². The Labute approximate surface area is 76.9 Å². The van der Waals surface area contributed by atoms with Crippen LogP contribution in [-0.2, 0) is 11.3 Å². The maximum Gasteiger partial charge on any atom is 0.221 e. The van der Waals surface area contributed by atoms with Crippen LogP contribution in [0.3, 0.4) is 0 Å². The van der Waals surface area contributed by atoms with Crippen LogP contribution < -0.4 is 10.6 Å². The van der Waals surface area contributed by atoms with Crippen molar-refractivity contribution in [2.24, 2.45) is 0 Å². The van der Waals surface area contributed by atoms with Crippen LogP contribution in [0, 0.1) is 0 Å². The molecule has 1 amide bonds. The molecule has 5 heteroatoms. The minimum absolute atomic E-state index is 0.0514. The maximum absolute atomic E-state index is 11.1. The van der Waals surface area contributed by atoms with E-state index in [1.165, 1.54) is 0 Å².